The maximum absolute atomic E-state index is 12.1. The fourth-order valence-corrected chi connectivity index (χ4v) is 1.92. The molecule has 0 atom stereocenters. The van der Waals surface area contributed by atoms with Crippen molar-refractivity contribution in [3.63, 3.8) is 0 Å². The van der Waals surface area contributed by atoms with Gasteiger partial charge in [-0.3, -0.25) is 14.6 Å². The Hall–Kier alpha value is -2.73. The normalized spacial score (nSPS) is 10.1. The molecule has 120 valence electrons. The van der Waals surface area contributed by atoms with Crippen molar-refractivity contribution in [2.75, 3.05) is 20.3 Å². The van der Waals surface area contributed by atoms with E-state index in [1.807, 2.05) is 18.2 Å². The summed E-state index contributed by atoms with van der Waals surface area (Å²) in [6.07, 6.45) is 1.68. The molecule has 23 heavy (non-hydrogen) atoms. The van der Waals surface area contributed by atoms with Crippen LogP contribution in [0.15, 0.2) is 48.7 Å². The number of hydrogen-bond donors (Lipinski definition) is 2. The molecule has 0 aliphatic carbocycles. The van der Waals surface area contributed by atoms with Crippen LogP contribution in [0.4, 0.5) is 0 Å². The summed E-state index contributed by atoms with van der Waals surface area (Å²) in [5.74, 6) is -0.399. The Morgan fingerprint density at radius 2 is 1.65 bits per heavy atom. The summed E-state index contributed by atoms with van der Waals surface area (Å²) < 4.78 is 4.87. The standard InChI is InChI=1S/C17H19N3O3/c1-23-11-10-19-16(21)13-5-7-14(8-6-13)17(22)20-12-15-4-2-3-9-18-15/h2-9H,10-12H2,1H3,(H,19,21)(H,20,22). The van der Waals surface area contributed by atoms with E-state index in [1.54, 1.807) is 37.6 Å². The van der Waals surface area contributed by atoms with Gasteiger partial charge in [0.2, 0.25) is 0 Å². The lowest BCUT2D eigenvalue weighted by atomic mass is 10.1. The molecule has 0 bridgehead atoms. The number of carbonyl (C=O) groups is 2. The van der Waals surface area contributed by atoms with Crippen molar-refractivity contribution >= 4 is 11.8 Å². The number of carbonyl (C=O) groups excluding carboxylic acids is 2. The Kier molecular flexibility index (Phi) is 6.26. The number of pyridine rings is 1. The Morgan fingerprint density at radius 3 is 2.22 bits per heavy atom. The summed E-state index contributed by atoms with van der Waals surface area (Å²) in [6, 6.07) is 12.0. The van der Waals surface area contributed by atoms with E-state index in [1.165, 1.54) is 0 Å². The maximum atomic E-state index is 12.1. The molecular weight excluding hydrogens is 294 g/mol. The molecule has 0 fully saturated rings. The minimum atomic E-state index is -0.206. The zero-order valence-corrected chi connectivity index (χ0v) is 12.9. The fraction of sp³-hybridized carbons (Fsp3) is 0.235. The van der Waals surface area contributed by atoms with E-state index >= 15 is 0 Å². The van der Waals surface area contributed by atoms with Crippen LogP contribution in [-0.2, 0) is 11.3 Å². The molecule has 0 aliphatic heterocycles. The SMILES string of the molecule is COCCNC(=O)c1ccc(C(=O)NCc2ccccn2)cc1. The van der Waals surface area contributed by atoms with Gasteiger partial charge in [-0.25, -0.2) is 0 Å². The number of ether oxygens (including phenoxy) is 1. The van der Waals surface area contributed by atoms with Gasteiger partial charge in [-0.2, -0.15) is 0 Å². The molecule has 0 saturated carbocycles. The lowest BCUT2D eigenvalue weighted by Crippen LogP contribution is -2.27. The van der Waals surface area contributed by atoms with Gasteiger partial charge in [-0.1, -0.05) is 6.07 Å². The third-order valence-electron chi connectivity index (χ3n) is 3.16. The third-order valence-corrected chi connectivity index (χ3v) is 3.16. The van der Waals surface area contributed by atoms with Crippen LogP contribution in [0.5, 0.6) is 0 Å². The van der Waals surface area contributed by atoms with Gasteiger partial charge < -0.3 is 15.4 Å². The number of hydrogen-bond acceptors (Lipinski definition) is 4. The monoisotopic (exact) mass is 313 g/mol. The van der Waals surface area contributed by atoms with Gasteiger partial charge in [-0.05, 0) is 36.4 Å². The molecule has 2 N–H and O–H groups in total. The number of nitrogens with zero attached hydrogens (tertiary/aromatic N) is 1. The molecule has 0 aliphatic rings. The average Bonchev–Trinajstić information content (AvgIpc) is 2.61. The van der Waals surface area contributed by atoms with Crippen LogP contribution in [0.2, 0.25) is 0 Å². The summed E-state index contributed by atoms with van der Waals surface area (Å²) in [5.41, 5.74) is 1.78. The van der Waals surface area contributed by atoms with Gasteiger partial charge in [0.25, 0.3) is 11.8 Å². The first-order chi connectivity index (χ1) is 11.2. The predicted molar refractivity (Wildman–Crippen MR) is 86.1 cm³/mol. The molecule has 2 amide bonds. The Balaban J connectivity index is 1.88. The van der Waals surface area contributed by atoms with Crippen molar-refractivity contribution in [3.05, 3.63) is 65.5 Å². The molecule has 1 aromatic carbocycles. The summed E-state index contributed by atoms with van der Waals surface area (Å²) in [4.78, 5) is 28.0. The summed E-state index contributed by atoms with van der Waals surface area (Å²) in [5, 5.41) is 5.51. The van der Waals surface area contributed by atoms with Crippen LogP contribution in [0.25, 0.3) is 0 Å². The highest BCUT2D eigenvalue weighted by molar-refractivity contribution is 5.97. The van der Waals surface area contributed by atoms with Crippen LogP contribution in [-0.4, -0.2) is 37.1 Å². The summed E-state index contributed by atoms with van der Waals surface area (Å²) in [7, 11) is 1.57. The first-order valence-corrected chi connectivity index (χ1v) is 7.26. The van der Waals surface area contributed by atoms with Crippen LogP contribution < -0.4 is 10.6 Å². The van der Waals surface area contributed by atoms with E-state index in [9.17, 15) is 9.59 Å². The van der Waals surface area contributed by atoms with Crippen molar-refractivity contribution in [2.45, 2.75) is 6.54 Å². The number of benzene rings is 1. The molecule has 6 nitrogen and oxygen atoms in total. The molecule has 0 saturated heterocycles. The second kappa shape index (κ2) is 8.65. The molecular formula is C17H19N3O3. The highest BCUT2D eigenvalue weighted by atomic mass is 16.5. The van der Waals surface area contributed by atoms with Crippen molar-refractivity contribution in [1.82, 2.24) is 15.6 Å². The van der Waals surface area contributed by atoms with E-state index in [4.69, 9.17) is 4.74 Å². The molecule has 0 radical (unpaired) electrons. The number of methoxy groups -OCH3 is 1. The van der Waals surface area contributed by atoms with Gasteiger partial charge in [0, 0.05) is 31.0 Å². The second-order valence-corrected chi connectivity index (χ2v) is 4.83. The van der Waals surface area contributed by atoms with Crippen LogP contribution in [0, 0.1) is 0 Å². The molecule has 0 unspecified atom stereocenters. The van der Waals surface area contributed by atoms with Crippen LogP contribution in [0.1, 0.15) is 26.4 Å². The highest BCUT2D eigenvalue weighted by Gasteiger charge is 2.08. The van der Waals surface area contributed by atoms with Gasteiger partial charge in [0.05, 0.1) is 18.8 Å². The first kappa shape index (κ1) is 16.6. The third kappa shape index (κ3) is 5.19. The van der Waals surface area contributed by atoms with Gasteiger partial charge in [0.1, 0.15) is 0 Å². The fourth-order valence-electron chi connectivity index (χ4n) is 1.92. The largest absolute Gasteiger partial charge is 0.383 e. The summed E-state index contributed by atoms with van der Waals surface area (Å²) >= 11 is 0. The second-order valence-electron chi connectivity index (χ2n) is 4.83. The average molecular weight is 313 g/mol. The summed E-state index contributed by atoms with van der Waals surface area (Å²) in [6.45, 7) is 1.26. The maximum Gasteiger partial charge on any atom is 0.251 e. The van der Waals surface area contributed by atoms with Crippen molar-refractivity contribution in [3.8, 4) is 0 Å². The topological polar surface area (TPSA) is 80.3 Å². The molecule has 1 heterocycles. The lowest BCUT2D eigenvalue weighted by Gasteiger charge is -2.07. The number of amides is 2. The minimum Gasteiger partial charge on any atom is -0.383 e. The zero-order chi connectivity index (χ0) is 16.5. The molecule has 2 aromatic rings. The van der Waals surface area contributed by atoms with Gasteiger partial charge >= 0.3 is 0 Å². The van der Waals surface area contributed by atoms with Crippen LogP contribution in [0.3, 0.4) is 0 Å². The first-order valence-electron chi connectivity index (χ1n) is 7.26. The van der Waals surface area contributed by atoms with E-state index in [-0.39, 0.29) is 11.8 Å². The predicted octanol–water partition coefficient (Wildman–Crippen LogP) is 1.39. The van der Waals surface area contributed by atoms with E-state index in [0.717, 1.165) is 5.69 Å². The van der Waals surface area contributed by atoms with E-state index in [2.05, 4.69) is 15.6 Å². The van der Waals surface area contributed by atoms with E-state index in [0.29, 0.717) is 30.8 Å². The van der Waals surface area contributed by atoms with Crippen molar-refractivity contribution in [2.24, 2.45) is 0 Å². The lowest BCUT2D eigenvalue weighted by molar-refractivity contribution is 0.0930. The molecule has 0 spiro atoms. The zero-order valence-electron chi connectivity index (χ0n) is 12.9. The van der Waals surface area contributed by atoms with Crippen LogP contribution >= 0.6 is 0 Å². The number of nitrogens with one attached hydrogen (secondary N) is 2. The number of rotatable bonds is 7. The Morgan fingerprint density at radius 1 is 1.00 bits per heavy atom. The highest BCUT2D eigenvalue weighted by Crippen LogP contribution is 2.05. The van der Waals surface area contributed by atoms with Gasteiger partial charge in [-0.15, -0.1) is 0 Å². The Bertz CT molecular complexity index is 642. The molecule has 2 rings (SSSR count). The van der Waals surface area contributed by atoms with E-state index < -0.39 is 0 Å². The van der Waals surface area contributed by atoms with Gasteiger partial charge in [0.15, 0.2) is 0 Å². The molecule has 1 aromatic heterocycles. The minimum absolute atomic E-state index is 0.192. The quantitative estimate of drug-likeness (QED) is 0.757. The van der Waals surface area contributed by atoms with Crippen molar-refractivity contribution < 1.29 is 14.3 Å². The van der Waals surface area contributed by atoms with Crippen molar-refractivity contribution in [1.29, 1.82) is 0 Å². The smallest absolute Gasteiger partial charge is 0.251 e. The number of aromatic nitrogens is 1. The molecule has 6 heteroatoms. The Labute approximate surface area is 134 Å².